The predicted octanol–water partition coefficient (Wildman–Crippen LogP) is 0.106. The maximum absolute atomic E-state index is 11.8. The Balaban J connectivity index is 1.91. The van der Waals surface area contributed by atoms with Gasteiger partial charge in [0.1, 0.15) is 0 Å². The second-order valence-electron chi connectivity index (χ2n) is 4.57. The van der Waals surface area contributed by atoms with Crippen LogP contribution in [0, 0.1) is 0 Å². The summed E-state index contributed by atoms with van der Waals surface area (Å²) in [6.45, 7) is 1.39. The van der Waals surface area contributed by atoms with Gasteiger partial charge < -0.3 is 11.1 Å². The van der Waals surface area contributed by atoms with Gasteiger partial charge in [-0.25, -0.2) is 0 Å². The Labute approximate surface area is 106 Å². The molecule has 0 spiro atoms. The third-order valence-corrected chi connectivity index (χ3v) is 3.27. The Morgan fingerprint density at radius 2 is 2.28 bits per heavy atom. The number of hydrogen-bond donors (Lipinski definition) is 2. The molecule has 5 nitrogen and oxygen atoms in total. The summed E-state index contributed by atoms with van der Waals surface area (Å²) in [4.78, 5) is 24.8. The molecular weight excluding hydrogens is 230 g/mol. The van der Waals surface area contributed by atoms with Gasteiger partial charge >= 0.3 is 0 Å². The first-order chi connectivity index (χ1) is 8.58. The van der Waals surface area contributed by atoms with E-state index in [0.717, 1.165) is 18.5 Å². The Hall–Kier alpha value is -1.88. The van der Waals surface area contributed by atoms with Crippen LogP contribution in [0.3, 0.4) is 0 Å². The van der Waals surface area contributed by atoms with Crippen LogP contribution in [0.4, 0.5) is 0 Å². The van der Waals surface area contributed by atoms with Crippen LogP contribution in [0.1, 0.15) is 22.3 Å². The monoisotopic (exact) mass is 247 g/mol. The van der Waals surface area contributed by atoms with Gasteiger partial charge in [0.05, 0.1) is 6.04 Å². The molecule has 1 atom stereocenters. The number of nitrogens with one attached hydrogen (secondary N) is 1. The van der Waals surface area contributed by atoms with Gasteiger partial charge in [0, 0.05) is 18.7 Å². The summed E-state index contributed by atoms with van der Waals surface area (Å²) in [5.41, 5.74) is 6.54. The van der Waals surface area contributed by atoms with E-state index in [0.29, 0.717) is 12.1 Å². The zero-order valence-corrected chi connectivity index (χ0v) is 10.3. The zero-order chi connectivity index (χ0) is 13.1. The summed E-state index contributed by atoms with van der Waals surface area (Å²) < 4.78 is 0. The fourth-order valence-corrected chi connectivity index (χ4v) is 1.99. The molecular formula is C13H17N3O2. The van der Waals surface area contributed by atoms with E-state index in [4.69, 9.17) is 5.73 Å². The standard InChI is InChI=1S/C13H17N3O2/c1-16-6-5-11(16)13(18)15-8-9-3-2-4-10(7-9)12(14)17/h2-4,7,11H,5-6,8H2,1H3,(H2,14,17)(H,15,18). The molecule has 1 aliphatic heterocycles. The van der Waals surface area contributed by atoms with Crippen LogP contribution >= 0.6 is 0 Å². The minimum Gasteiger partial charge on any atom is -0.366 e. The van der Waals surface area contributed by atoms with Gasteiger partial charge in [-0.2, -0.15) is 0 Å². The first-order valence-corrected chi connectivity index (χ1v) is 5.94. The fourth-order valence-electron chi connectivity index (χ4n) is 1.99. The number of likely N-dealkylation sites (tertiary alicyclic amines) is 1. The molecule has 0 saturated carbocycles. The molecule has 0 aromatic heterocycles. The van der Waals surface area contributed by atoms with E-state index in [1.54, 1.807) is 18.2 Å². The molecule has 2 amide bonds. The van der Waals surface area contributed by atoms with Crippen molar-refractivity contribution < 1.29 is 9.59 Å². The van der Waals surface area contributed by atoms with Crippen LogP contribution in [0.25, 0.3) is 0 Å². The van der Waals surface area contributed by atoms with Crippen molar-refractivity contribution in [2.24, 2.45) is 5.73 Å². The van der Waals surface area contributed by atoms with Crippen molar-refractivity contribution in [1.29, 1.82) is 0 Å². The number of carbonyl (C=O) groups is 2. The van der Waals surface area contributed by atoms with Crippen molar-refractivity contribution in [3.8, 4) is 0 Å². The highest BCUT2D eigenvalue weighted by Gasteiger charge is 2.30. The van der Waals surface area contributed by atoms with Crippen LogP contribution < -0.4 is 11.1 Å². The molecule has 1 saturated heterocycles. The number of amides is 2. The van der Waals surface area contributed by atoms with E-state index in [2.05, 4.69) is 5.32 Å². The van der Waals surface area contributed by atoms with E-state index < -0.39 is 5.91 Å². The average molecular weight is 247 g/mol. The van der Waals surface area contributed by atoms with Gasteiger partial charge in [0.15, 0.2) is 0 Å². The number of benzene rings is 1. The van der Waals surface area contributed by atoms with Crippen LogP contribution in [-0.4, -0.2) is 36.3 Å². The maximum atomic E-state index is 11.8. The fraction of sp³-hybridized carbons (Fsp3) is 0.385. The van der Waals surface area contributed by atoms with Gasteiger partial charge in [-0.3, -0.25) is 14.5 Å². The minimum atomic E-state index is -0.457. The molecule has 1 fully saturated rings. The van der Waals surface area contributed by atoms with Crippen LogP contribution in [0.2, 0.25) is 0 Å². The summed E-state index contributed by atoms with van der Waals surface area (Å²) in [5, 5.41) is 2.86. The third-order valence-electron chi connectivity index (χ3n) is 3.27. The Morgan fingerprint density at radius 3 is 2.83 bits per heavy atom. The topological polar surface area (TPSA) is 75.4 Å². The third kappa shape index (κ3) is 2.68. The van der Waals surface area contributed by atoms with Crippen molar-refractivity contribution in [3.63, 3.8) is 0 Å². The predicted molar refractivity (Wildman–Crippen MR) is 67.8 cm³/mol. The SMILES string of the molecule is CN1CCC1C(=O)NCc1cccc(C(N)=O)c1. The van der Waals surface area contributed by atoms with Crippen molar-refractivity contribution in [2.45, 2.75) is 19.0 Å². The van der Waals surface area contributed by atoms with E-state index in [1.807, 2.05) is 18.0 Å². The number of hydrogen-bond acceptors (Lipinski definition) is 3. The quantitative estimate of drug-likeness (QED) is 0.792. The smallest absolute Gasteiger partial charge is 0.248 e. The molecule has 0 radical (unpaired) electrons. The van der Waals surface area contributed by atoms with E-state index in [-0.39, 0.29) is 11.9 Å². The van der Waals surface area contributed by atoms with Crippen molar-refractivity contribution >= 4 is 11.8 Å². The number of likely N-dealkylation sites (N-methyl/N-ethyl adjacent to an activating group) is 1. The molecule has 0 bridgehead atoms. The van der Waals surface area contributed by atoms with Gasteiger partial charge in [-0.1, -0.05) is 12.1 Å². The van der Waals surface area contributed by atoms with E-state index in [1.165, 1.54) is 0 Å². The van der Waals surface area contributed by atoms with Gasteiger partial charge in [-0.05, 0) is 31.2 Å². The molecule has 0 aliphatic carbocycles. The minimum absolute atomic E-state index is 0.00989. The zero-order valence-electron chi connectivity index (χ0n) is 10.3. The molecule has 1 aromatic carbocycles. The number of carbonyl (C=O) groups excluding carboxylic acids is 2. The maximum Gasteiger partial charge on any atom is 0.248 e. The Kier molecular flexibility index (Phi) is 3.62. The number of primary amides is 1. The summed E-state index contributed by atoms with van der Waals surface area (Å²) in [5.74, 6) is -0.421. The highest BCUT2D eigenvalue weighted by molar-refractivity contribution is 5.92. The lowest BCUT2D eigenvalue weighted by Gasteiger charge is -2.36. The molecule has 1 heterocycles. The normalized spacial score (nSPS) is 19.1. The van der Waals surface area contributed by atoms with Crippen LogP contribution in [-0.2, 0) is 11.3 Å². The van der Waals surface area contributed by atoms with Gasteiger partial charge in [-0.15, -0.1) is 0 Å². The molecule has 5 heteroatoms. The first-order valence-electron chi connectivity index (χ1n) is 5.94. The lowest BCUT2D eigenvalue weighted by Crippen LogP contribution is -2.53. The average Bonchev–Trinajstić information content (AvgIpc) is 2.35. The Bertz CT molecular complexity index is 473. The van der Waals surface area contributed by atoms with Gasteiger partial charge in [0.2, 0.25) is 11.8 Å². The highest BCUT2D eigenvalue weighted by atomic mass is 16.2. The summed E-state index contributed by atoms with van der Waals surface area (Å²) in [7, 11) is 1.93. The molecule has 1 aromatic rings. The van der Waals surface area contributed by atoms with Crippen LogP contribution in [0.15, 0.2) is 24.3 Å². The molecule has 2 rings (SSSR count). The summed E-state index contributed by atoms with van der Waals surface area (Å²) >= 11 is 0. The van der Waals surface area contributed by atoms with E-state index >= 15 is 0 Å². The summed E-state index contributed by atoms with van der Waals surface area (Å²) in [6.07, 6.45) is 0.906. The molecule has 18 heavy (non-hydrogen) atoms. The number of nitrogens with zero attached hydrogens (tertiary/aromatic N) is 1. The number of nitrogens with two attached hydrogens (primary N) is 1. The van der Waals surface area contributed by atoms with Gasteiger partial charge in [0.25, 0.3) is 0 Å². The lowest BCUT2D eigenvalue weighted by molar-refractivity contribution is -0.129. The number of rotatable bonds is 4. The lowest BCUT2D eigenvalue weighted by atomic mass is 10.0. The largest absolute Gasteiger partial charge is 0.366 e. The first kappa shape index (κ1) is 12.6. The van der Waals surface area contributed by atoms with E-state index in [9.17, 15) is 9.59 Å². The summed E-state index contributed by atoms with van der Waals surface area (Å²) in [6, 6.07) is 6.97. The second-order valence-corrected chi connectivity index (χ2v) is 4.57. The van der Waals surface area contributed by atoms with Crippen molar-refractivity contribution in [1.82, 2.24) is 10.2 Å². The molecule has 3 N–H and O–H groups in total. The highest BCUT2D eigenvalue weighted by Crippen LogP contribution is 2.14. The van der Waals surface area contributed by atoms with Crippen molar-refractivity contribution in [3.05, 3.63) is 35.4 Å². The Morgan fingerprint density at radius 1 is 1.50 bits per heavy atom. The molecule has 1 unspecified atom stereocenters. The molecule has 1 aliphatic rings. The second kappa shape index (κ2) is 5.18. The van der Waals surface area contributed by atoms with Crippen molar-refractivity contribution in [2.75, 3.05) is 13.6 Å². The molecule has 96 valence electrons. The van der Waals surface area contributed by atoms with Crippen LogP contribution in [0.5, 0.6) is 0 Å².